The van der Waals surface area contributed by atoms with Crippen LogP contribution in [0, 0.1) is 0 Å². The Hall–Kier alpha value is -1.85. The fraction of sp³-hybridized carbons (Fsp3) is 0.421. The molecule has 0 aliphatic carbocycles. The lowest BCUT2D eigenvalue weighted by Crippen LogP contribution is -2.38. The highest BCUT2D eigenvalue weighted by atomic mass is 32.1. The Morgan fingerprint density at radius 1 is 1.08 bits per heavy atom. The summed E-state index contributed by atoms with van der Waals surface area (Å²) >= 11 is 1.74. The standard InChI is InChI=1S/C19H27N3OS/c1-2-20-19(22-16-18-10-6-15-24-18)21-12-7-13-23-14-11-17-8-4-3-5-9-17/h3-6,8-10,15H,2,7,11-14,16H2,1H3,(H2,20,21,22). The summed E-state index contributed by atoms with van der Waals surface area (Å²) in [7, 11) is 0. The largest absolute Gasteiger partial charge is 0.381 e. The van der Waals surface area contributed by atoms with Crippen LogP contribution < -0.4 is 10.6 Å². The molecule has 0 amide bonds. The molecule has 0 aliphatic rings. The number of thiophene rings is 1. The molecule has 0 unspecified atom stereocenters. The van der Waals surface area contributed by atoms with Gasteiger partial charge in [0.15, 0.2) is 5.96 Å². The molecule has 1 aromatic heterocycles. The van der Waals surface area contributed by atoms with E-state index in [9.17, 15) is 0 Å². The summed E-state index contributed by atoms with van der Waals surface area (Å²) in [5, 5.41) is 8.71. The first kappa shape index (κ1) is 18.5. The van der Waals surface area contributed by atoms with Crippen molar-refractivity contribution in [2.24, 2.45) is 4.99 Å². The van der Waals surface area contributed by atoms with Crippen LogP contribution in [0.15, 0.2) is 52.8 Å². The summed E-state index contributed by atoms with van der Waals surface area (Å²) < 4.78 is 5.70. The molecule has 130 valence electrons. The van der Waals surface area contributed by atoms with E-state index in [-0.39, 0.29) is 0 Å². The molecule has 0 aliphatic heterocycles. The molecule has 0 fully saturated rings. The topological polar surface area (TPSA) is 45.7 Å². The molecule has 0 radical (unpaired) electrons. The summed E-state index contributed by atoms with van der Waals surface area (Å²) in [6.45, 7) is 6.07. The van der Waals surface area contributed by atoms with Crippen molar-refractivity contribution in [3.63, 3.8) is 0 Å². The van der Waals surface area contributed by atoms with E-state index < -0.39 is 0 Å². The van der Waals surface area contributed by atoms with Gasteiger partial charge in [0, 0.05) is 24.6 Å². The van der Waals surface area contributed by atoms with Crippen LogP contribution in [0.3, 0.4) is 0 Å². The Morgan fingerprint density at radius 3 is 2.71 bits per heavy atom. The third-order valence-corrected chi connectivity index (χ3v) is 4.31. The molecule has 2 N–H and O–H groups in total. The Kier molecular flexibility index (Phi) is 8.97. The van der Waals surface area contributed by atoms with E-state index in [4.69, 9.17) is 4.74 Å². The lowest BCUT2D eigenvalue weighted by atomic mass is 10.2. The normalized spacial score (nSPS) is 11.5. The third kappa shape index (κ3) is 7.62. The predicted molar refractivity (Wildman–Crippen MR) is 103 cm³/mol. The molecule has 2 aromatic rings. The van der Waals surface area contributed by atoms with Gasteiger partial charge in [-0.15, -0.1) is 11.3 Å². The monoisotopic (exact) mass is 345 g/mol. The zero-order valence-corrected chi connectivity index (χ0v) is 15.1. The maximum Gasteiger partial charge on any atom is 0.191 e. The molecule has 0 bridgehead atoms. The van der Waals surface area contributed by atoms with Crippen LogP contribution in [0.2, 0.25) is 0 Å². The molecule has 5 heteroatoms. The number of ether oxygens (including phenoxy) is 1. The molecule has 24 heavy (non-hydrogen) atoms. The van der Waals surface area contributed by atoms with E-state index in [1.165, 1.54) is 10.4 Å². The van der Waals surface area contributed by atoms with Gasteiger partial charge in [-0.1, -0.05) is 36.4 Å². The van der Waals surface area contributed by atoms with Gasteiger partial charge in [0.2, 0.25) is 0 Å². The minimum Gasteiger partial charge on any atom is -0.381 e. The van der Waals surface area contributed by atoms with E-state index in [2.05, 4.69) is 64.3 Å². The molecule has 1 heterocycles. The third-order valence-electron chi connectivity index (χ3n) is 3.45. The Labute approximate surface area is 149 Å². The fourth-order valence-corrected chi connectivity index (χ4v) is 2.85. The van der Waals surface area contributed by atoms with Crippen LogP contribution in [-0.2, 0) is 17.7 Å². The van der Waals surface area contributed by atoms with Crippen LogP contribution in [0.4, 0.5) is 0 Å². The molecule has 1 aromatic carbocycles. The molecule has 4 nitrogen and oxygen atoms in total. The van der Waals surface area contributed by atoms with Gasteiger partial charge in [-0.3, -0.25) is 0 Å². The van der Waals surface area contributed by atoms with Crippen molar-refractivity contribution in [3.8, 4) is 0 Å². The van der Waals surface area contributed by atoms with Crippen molar-refractivity contribution in [2.75, 3.05) is 26.3 Å². The van der Waals surface area contributed by atoms with Crippen molar-refractivity contribution < 1.29 is 4.74 Å². The second kappa shape index (κ2) is 11.6. The number of rotatable bonds is 10. The van der Waals surface area contributed by atoms with Gasteiger partial charge < -0.3 is 15.4 Å². The molecular weight excluding hydrogens is 318 g/mol. The number of nitrogens with zero attached hydrogens (tertiary/aromatic N) is 1. The van der Waals surface area contributed by atoms with Crippen LogP contribution in [0.1, 0.15) is 23.8 Å². The van der Waals surface area contributed by atoms with E-state index in [1.54, 1.807) is 11.3 Å². The number of nitrogens with one attached hydrogen (secondary N) is 2. The van der Waals surface area contributed by atoms with E-state index in [0.29, 0.717) is 0 Å². The van der Waals surface area contributed by atoms with E-state index in [0.717, 1.165) is 51.6 Å². The van der Waals surface area contributed by atoms with Crippen molar-refractivity contribution in [1.29, 1.82) is 0 Å². The zero-order chi connectivity index (χ0) is 16.9. The van der Waals surface area contributed by atoms with Crippen molar-refractivity contribution in [3.05, 3.63) is 58.3 Å². The minimum atomic E-state index is 0.723. The van der Waals surface area contributed by atoms with Crippen molar-refractivity contribution in [1.82, 2.24) is 10.6 Å². The summed E-state index contributed by atoms with van der Waals surface area (Å²) in [6, 6.07) is 14.6. The quantitative estimate of drug-likeness (QED) is 0.394. The van der Waals surface area contributed by atoms with Gasteiger partial charge in [0.25, 0.3) is 0 Å². The number of aliphatic imine (C=N–C) groups is 1. The minimum absolute atomic E-state index is 0.723. The highest BCUT2D eigenvalue weighted by Crippen LogP contribution is 2.09. The van der Waals surface area contributed by atoms with Crippen LogP contribution in [0.25, 0.3) is 0 Å². The van der Waals surface area contributed by atoms with Crippen LogP contribution in [0.5, 0.6) is 0 Å². The molecular formula is C19H27N3OS. The Morgan fingerprint density at radius 2 is 1.96 bits per heavy atom. The first-order valence-electron chi connectivity index (χ1n) is 8.54. The smallest absolute Gasteiger partial charge is 0.191 e. The van der Waals surface area contributed by atoms with Crippen molar-refractivity contribution >= 4 is 17.3 Å². The summed E-state index contributed by atoms with van der Waals surface area (Å²) in [6.07, 6.45) is 1.94. The Bertz CT molecular complexity index is 570. The molecule has 2 rings (SSSR count). The van der Waals surface area contributed by atoms with Gasteiger partial charge in [0.1, 0.15) is 0 Å². The number of hydrogen-bond donors (Lipinski definition) is 2. The molecule has 0 saturated carbocycles. The number of hydrogen-bond acceptors (Lipinski definition) is 3. The van der Waals surface area contributed by atoms with Gasteiger partial charge in [0.05, 0.1) is 13.2 Å². The van der Waals surface area contributed by atoms with Gasteiger partial charge in [-0.2, -0.15) is 0 Å². The van der Waals surface area contributed by atoms with Gasteiger partial charge in [-0.25, -0.2) is 4.99 Å². The average molecular weight is 346 g/mol. The van der Waals surface area contributed by atoms with E-state index >= 15 is 0 Å². The highest BCUT2D eigenvalue weighted by Gasteiger charge is 1.98. The lowest BCUT2D eigenvalue weighted by Gasteiger charge is -2.11. The summed E-state index contributed by atoms with van der Waals surface area (Å²) in [5.74, 6) is 0.871. The first-order valence-corrected chi connectivity index (χ1v) is 9.42. The zero-order valence-electron chi connectivity index (χ0n) is 14.3. The summed E-state index contributed by atoms with van der Waals surface area (Å²) in [5.41, 5.74) is 1.32. The maximum atomic E-state index is 5.70. The number of benzene rings is 1. The second-order valence-corrected chi connectivity index (χ2v) is 6.44. The van der Waals surface area contributed by atoms with E-state index in [1.807, 2.05) is 6.07 Å². The summed E-state index contributed by atoms with van der Waals surface area (Å²) in [4.78, 5) is 5.87. The SMILES string of the molecule is CCNC(=NCc1cccs1)NCCCOCCc1ccccc1. The maximum absolute atomic E-state index is 5.70. The second-order valence-electron chi connectivity index (χ2n) is 5.40. The Balaban J connectivity index is 1.56. The molecule has 0 spiro atoms. The highest BCUT2D eigenvalue weighted by molar-refractivity contribution is 7.09. The van der Waals surface area contributed by atoms with Gasteiger partial charge in [-0.05, 0) is 36.8 Å². The van der Waals surface area contributed by atoms with Crippen molar-refractivity contribution in [2.45, 2.75) is 26.3 Å². The van der Waals surface area contributed by atoms with Crippen LogP contribution in [-0.4, -0.2) is 32.3 Å². The molecule has 0 atom stereocenters. The van der Waals surface area contributed by atoms with Crippen LogP contribution >= 0.6 is 11.3 Å². The average Bonchev–Trinajstić information content (AvgIpc) is 3.13. The van der Waals surface area contributed by atoms with Gasteiger partial charge >= 0.3 is 0 Å². The lowest BCUT2D eigenvalue weighted by molar-refractivity contribution is 0.135. The first-order chi connectivity index (χ1) is 11.9. The number of guanidine groups is 1. The molecule has 0 saturated heterocycles. The predicted octanol–water partition coefficient (Wildman–Crippen LogP) is 3.45. The fourth-order valence-electron chi connectivity index (χ4n) is 2.22.